The molecule has 1 N–H and O–H groups in total. The van der Waals surface area contributed by atoms with Crippen LogP contribution in [0.15, 0.2) is 42.5 Å². The summed E-state index contributed by atoms with van der Waals surface area (Å²) < 4.78 is 24.1. The molecule has 2 aromatic carbocycles. The Bertz CT molecular complexity index is 702. The number of nitrogens with one attached hydrogen (secondary N) is 1. The van der Waals surface area contributed by atoms with E-state index in [2.05, 4.69) is 5.32 Å². The summed E-state index contributed by atoms with van der Waals surface area (Å²) in [6.07, 6.45) is 0.579. The third-order valence-electron chi connectivity index (χ3n) is 3.59. The van der Waals surface area contributed by atoms with Crippen molar-refractivity contribution in [2.45, 2.75) is 12.5 Å². The standard InChI is InChI=1S/C17H16FNO3/c1-21-14-5-6-16-12(8-14)9-15(22-16)10-19-17(20)11-3-2-4-13(18)7-11/h2-8,15H,9-10H2,1H3,(H,19,20). The van der Waals surface area contributed by atoms with Gasteiger partial charge in [-0.25, -0.2) is 4.39 Å². The SMILES string of the molecule is COc1ccc2c(c1)CC(CNC(=O)c1cccc(F)c1)O2. The van der Waals surface area contributed by atoms with E-state index in [1.165, 1.54) is 18.2 Å². The maximum absolute atomic E-state index is 13.1. The van der Waals surface area contributed by atoms with Crippen molar-refractivity contribution in [1.82, 2.24) is 5.32 Å². The monoisotopic (exact) mass is 301 g/mol. The van der Waals surface area contributed by atoms with Crippen LogP contribution in [0, 0.1) is 5.82 Å². The molecule has 1 aliphatic heterocycles. The van der Waals surface area contributed by atoms with E-state index in [9.17, 15) is 9.18 Å². The van der Waals surface area contributed by atoms with Crippen molar-refractivity contribution in [2.75, 3.05) is 13.7 Å². The Morgan fingerprint density at radius 1 is 1.36 bits per heavy atom. The average Bonchev–Trinajstić information content (AvgIpc) is 2.94. The summed E-state index contributed by atoms with van der Waals surface area (Å²) >= 11 is 0. The minimum absolute atomic E-state index is 0.125. The van der Waals surface area contributed by atoms with Gasteiger partial charge in [0.05, 0.1) is 13.7 Å². The number of ether oxygens (including phenoxy) is 2. The van der Waals surface area contributed by atoms with E-state index in [1.54, 1.807) is 13.2 Å². The molecule has 114 valence electrons. The van der Waals surface area contributed by atoms with Crippen molar-refractivity contribution in [1.29, 1.82) is 0 Å². The van der Waals surface area contributed by atoms with E-state index in [4.69, 9.17) is 9.47 Å². The number of methoxy groups -OCH3 is 1. The molecule has 1 heterocycles. The van der Waals surface area contributed by atoms with Crippen LogP contribution in [-0.2, 0) is 6.42 Å². The maximum atomic E-state index is 13.1. The molecule has 1 aliphatic rings. The van der Waals surface area contributed by atoms with Crippen LogP contribution in [0.25, 0.3) is 0 Å². The van der Waals surface area contributed by atoms with Gasteiger partial charge in [-0.05, 0) is 36.4 Å². The number of fused-ring (bicyclic) bond motifs is 1. The first-order chi connectivity index (χ1) is 10.7. The molecule has 1 atom stereocenters. The molecule has 0 spiro atoms. The molecular weight excluding hydrogens is 285 g/mol. The second-order valence-electron chi connectivity index (χ2n) is 5.14. The molecule has 0 fully saturated rings. The second-order valence-corrected chi connectivity index (χ2v) is 5.14. The normalized spacial score (nSPS) is 15.8. The topological polar surface area (TPSA) is 47.6 Å². The number of benzene rings is 2. The smallest absolute Gasteiger partial charge is 0.251 e. The van der Waals surface area contributed by atoms with Crippen LogP contribution in [0.2, 0.25) is 0 Å². The number of hydrogen-bond acceptors (Lipinski definition) is 3. The number of hydrogen-bond donors (Lipinski definition) is 1. The lowest BCUT2D eigenvalue weighted by Gasteiger charge is -2.12. The van der Waals surface area contributed by atoms with Gasteiger partial charge >= 0.3 is 0 Å². The summed E-state index contributed by atoms with van der Waals surface area (Å²) in [7, 11) is 1.62. The third kappa shape index (κ3) is 3.03. The van der Waals surface area contributed by atoms with E-state index >= 15 is 0 Å². The lowest BCUT2D eigenvalue weighted by molar-refractivity contribution is 0.0933. The van der Waals surface area contributed by atoms with Crippen LogP contribution in [-0.4, -0.2) is 25.7 Å². The highest BCUT2D eigenvalue weighted by Gasteiger charge is 2.23. The van der Waals surface area contributed by atoms with Gasteiger partial charge in [0, 0.05) is 17.5 Å². The molecular formula is C17H16FNO3. The molecule has 0 saturated heterocycles. The molecule has 22 heavy (non-hydrogen) atoms. The molecule has 3 rings (SSSR count). The first kappa shape index (κ1) is 14.4. The molecule has 1 amide bonds. The predicted octanol–water partition coefficient (Wildman–Crippen LogP) is 2.57. The second kappa shape index (κ2) is 6.05. The van der Waals surface area contributed by atoms with E-state index in [0.29, 0.717) is 18.5 Å². The Balaban J connectivity index is 1.58. The molecule has 2 aromatic rings. The van der Waals surface area contributed by atoms with Gasteiger partial charge in [0.25, 0.3) is 5.91 Å². The van der Waals surface area contributed by atoms with Crippen LogP contribution in [0.5, 0.6) is 11.5 Å². The Morgan fingerprint density at radius 3 is 3.00 bits per heavy atom. The fraction of sp³-hybridized carbons (Fsp3) is 0.235. The van der Waals surface area contributed by atoms with Crippen LogP contribution in [0.3, 0.4) is 0 Å². The summed E-state index contributed by atoms with van der Waals surface area (Å²) in [5.74, 6) is 0.860. The van der Waals surface area contributed by atoms with E-state index in [0.717, 1.165) is 17.1 Å². The summed E-state index contributed by atoms with van der Waals surface area (Å²) in [5, 5.41) is 2.77. The largest absolute Gasteiger partial charge is 0.497 e. The summed E-state index contributed by atoms with van der Waals surface area (Å²) in [4.78, 5) is 12.0. The van der Waals surface area contributed by atoms with Gasteiger partial charge in [0.1, 0.15) is 23.4 Å². The van der Waals surface area contributed by atoms with Gasteiger partial charge in [-0.3, -0.25) is 4.79 Å². The Morgan fingerprint density at radius 2 is 2.23 bits per heavy atom. The Kier molecular flexibility index (Phi) is 3.96. The van der Waals surface area contributed by atoms with Crippen LogP contribution in [0.1, 0.15) is 15.9 Å². The summed E-state index contributed by atoms with van der Waals surface area (Å²) in [5.41, 5.74) is 1.36. The van der Waals surface area contributed by atoms with E-state index in [-0.39, 0.29) is 12.0 Å². The minimum Gasteiger partial charge on any atom is -0.497 e. The molecule has 0 saturated carbocycles. The minimum atomic E-state index is -0.427. The lowest BCUT2D eigenvalue weighted by Crippen LogP contribution is -2.34. The molecule has 0 radical (unpaired) electrons. The predicted molar refractivity (Wildman–Crippen MR) is 79.8 cm³/mol. The highest BCUT2D eigenvalue weighted by Crippen LogP contribution is 2.31. The average molecular weight is 301 g/mol. The first-order valence-corrected chi connectivity index (χ1v) is 7.03. The van der Waals surface area contributed by atoms with Crippen LogP contribution >= 0.6 is 0 Å². The fourth-order valence-electron chi connectivity index (χ4n) is 2.48. The van der Waals surface area contributed by atoms with Crippen LogP contribution < -0.4 is 14.8 Å². The number of rotatable bonds is 4. The molecule has 0 bridgehead atoms. The van der Waals surface area contributed by atoms with Gasteiger partial charge in [-0.2, -0.15) is 0 Å². The third-order valence-corrected chi connectivity index (χ3v) is 3.59. The zero-order valence-corrected chi connectivity index (χ0v) is 12.1. The van der Waals surface area contributed by atoms with Gasteiger partial charge in [-0.15, -0.1) is 0 Å². The van der Waals surface area contributed by atoms with Crippen molar-refractivity contribution >= 4 is 5.91 Å². The lowest BCUT2D eigenvalue weighted by atomic mass is 10.1. The zero-order chi connectivity index (χ0) is 15.5. The Labute approximate surface area is 127 Å². The van der Waals surface area contributed by atoms with Gasteiger partial charge in [0.15, 0.2) is 0 Å². The molecule has 0 aliphatic carbocycles. The molecule has 0 aromatic heterocycles. The Hall–Kier alpha value is -2.56. The quantitative estimate of drug-likeness (QED) is 0.944. The fourth-order valence-corrected chi connectivity index (χ4v) is 2.48. The van der Waals surface area contributed by atoms with Gasteiger partial charge in [0.2, 0.25) is 0 Å². The van der Waals surface area contributed by atoms with Crippen LogP contribution in [0.4, 0.5) is 4.39 Å². The van der Waals surface area contributed by atoms with E-state index < -0.39 is 5.82 Å². The molecule has 1 unspecified atom stereocenters. The molecule has 4 nitrogen and oxygen atoms in total. The number of halogens is 1. The number of carbonyl (C=O) groups excluding carboxylic acids is 1. The number of amides is 1. The van der Waals surface area contributed by atoms with Gasteiger partial charge in [-0.1, -0.05) is 6.07 Å². The van der Waals surface area contributed by atoms with Crippen molar-refractivity contribution in [3.8, 4) is 11.5 Å². The highest BCUT2D eigenvalue weighted by atomic mass is 19.1. The van der Waals surface area contributed by atoms with Crippen molar-refractivity contribution < 1.29 is 18.7 Å². The zero-order valence-electron chi connectivity index (χ0n) is 12.1. The van der Waals surface area contributed by atoms with Crippen molar-refractivity contribution in [3.63, 3.8) is 0 Å². The van der Waals surface area contributed by atoms with E-state index in [1.807, 2.05) is 18.2 Å². The van der Waals surface area contributed by atoms with Crippen molar-refractivity contribution in [3.05, 3.63) is 59.4 Å². The van der Waals surface area contributed by atoms with Gasteiger partial charge < -0.3 is 14.8 Å². The first-order valence-electron chi connectivity index (χ1n) is 7.03. The summed E-state index contributed by atoms with van der Waals surface area (Å²) in [6, 6.07) is 11.2. The maximum Gasteiger partial charge on any atom is 0.251 e. The van der Waals surface area contributed by atoms with Crippen molar-refractivity contribution in [2.24, 2.45) is 0 Å². The summed E-state index contributed by atoms with van der Waals surface area (Å²) in [6.45, 7) is 0.367. The number of carbonyl (C=O) groups is 1. The highest BCUT2D eigenvalue weighted by molar-refractivity contribution is 5.94. The molecule has 5 heteroatoms.